The van der Waals surface area contributed by atoms with Crippen molar-refractivity contribution in [3.8, 4) is 5.69 Å². The second-order valence-electron chi connectivity index (χ2n) is 5.51. The number of nitrogens with one attached hydrogen (secondary N) is 1. The molecule has 134 valence electrons. The molecular formula is C17H14BrN3O4S. The van der Waals surface area contributed by atoms with Crippen molar-refractivity contribution in [3.63, 3.8) is 0 Å². The molecule has 0 saturated heterocycles. The van der Waals surface area contributed by atoms with E-state index in [2.05, 4.69) is 25.8 Å². The van der Waals surface area contributed by atoms with Gasteiger partial charge in [-0.25, -0.2) is 17.9 Å². The molecule has 0 radical (unpaired) electrons. The number of carboxylic acids is 1. The summed E-state index contributed by atoms with van der Waals surface area (Å²) in [6, 6.07) is 12.9. The van der Waals surface area contributed by atoms with Crippen LogP contribution in [-0.2, 0) is 10.0 Å². The Labute approximate surface area is 158 Å². The van der Waals surface area contributed by atoms with Crippen LogP contribution in [0.25, 0.3) is 5.69 Å². The number of carbonyl (C=O) groups is 1. The minimum Gasteiger partial charge on any atom is -0.476 e. The Hall–Kier alpha value is -2.65. The van der Waals surface area contributed by atoms with Crippen molar-refractivity contribution in [2.45, 2.75) is 11.8 Å². The number of benzene rings is 2. The average molecular weight is 436 g/mol. The molecule has 9 heteroatoms. The summed E-state index contributed by atoms with van der Waals surface area (Å²) in [4.78, 5) is 11.1. The Morgan fingerprint density at radius 2 is 1.92 bits per heavy atom. The molecule has 0 atom stereocenters. The number of sulfonamides is 1. The van der Waals surface area contributed by atoms with Crippen LogP contribution in [-0.4, -0.2) is 29.3 Å². The first kappa shape index (κ1) is 18.2. The number of para-hydroxylation sites is 2. The predicted octanol–water partition coefficient (Wildman–Crippen LogP) is 3.44. The van der Waals surface area contributed by atoms with Crippen LogP contribution in [0.3, 0.4) is 0 Å². The van der Waals surface area contributed by atoms with E-state index < -0.39 is 16.0 Å². The normalized spacial score (nSPS) is 11.3. The molecule has 0 aliphatic carbocycles. The topological polar surface area (TPSA) is 101 Å². The van der Waals surface area contributed by atoms with E-state index in [1.807, 2.05) is 6.92 Å². The number of rotatable bonds is 5. The lowest BCUT2D eigenvalue weighted by Gasteiger charge is -2.13. The first-order valence-electron chi connectivity index (χ1n) is 7.45. The van der Waals surface area contributed by atoms with Crippen molar-refractivity contribution in [1.82, 2.24) is 9.78 Å². The fourth-order valence-corrected chi connectivity index (χ4v) is 4.62. The van der Waals surface area contributed by atoms with E-state index in [0.717, 1.165) is 5.56 Å². The van der Waals surface area contributed by atoms with Gasteiger partial charge in [0.05, 0.1) is 11.4 Å². The van der Waals surface area contributed by atoms with Crippen LogP contribution in [0.5, 0.6) is 0 Å². The maximum Gasteiger partial charge on any atom is 0.356 e. The molecule has 0 aliphatic rings. The largest absolute Gasteiger partial charge is 0.476 e. The minimum atomic E-state index is -3.86. The summed E-state index contributed by atoms with van der Waals surface area (Å²) >= 11 is 3.28. The molecule has 26 heavy (non-hydrogen) atoms. The van der Waals surface area contributed by atoms with Gasteiger partial charge in [0.1, 0.15) is 4.90 Å². The van der Waals surface area contributed by atoms with E-state index in [-0.39, 0.29) is 16.3 Å². The number of anilines is 1. The van der Waals surface area contributed by atoms with Gasteiger partial charge >= 0.3 is 5.97 Å². The number of hydrogen-bond donors (Lipinski definition) is 2. The molecule has 2 N–H and O–H groups in total. The lowest BCUT2D eigenvalue weighted by atomic mass is 10.2. The summed E-state index contributed by atoms with van der Waals surface area (Å²) in [6.07, 6.45) is 1.46. The fourth-order valence-electron chi connectivity index (χ4n) is 2.36. The van der Waals surface area contributed by atoms with Crippen LogP contribution in [0.4, 0.5) is 5.69 Å². The molecule has 3 rings (SSSR count). The number of aryl methyl sites for hydroxylation is 1. The average Bonchev–Trinajstić information content (AvgIpc) is 3.04. The first-order chi connectivity index (χ1) is 12.3. The van der Waals surface area contributed by atoms with Crippen molar-refractivity contribution in [2.75, 3.05) is 4.72 Å². The lowest BCUT2D eigenvalue weighted by Crippen LogP contribution is -2.15. The minimum absolute atomic E-state index is 0.101. The molecule has 0 unspecified atom stereocenters. The van der Waals surface area contributed by atoms with Crippen molar-refractivity contribution in [3.05, 3.63) is 70.5 Å². The van der Waals surface area contributed by atoms with Crippen LogP contribution in [0.2, 0.25) is 0 Å². The number of halogens is 1. The highest BCUT2D eigenvalue weighted by Gasteiger charge is 2.20. The van der Waals surface area contributed by atoms with Gasteiger partial charge in [-0.05, 0) is 58.7 Å². The van der Waals surface area contributed by atoms with E-state index in [4.69, 9.17) is 5.11 Å². The van der Waals surface area contributed by atoms with Crippen molar-refractivity contribution in [2.24, 2.45) is 0 Å². The Kier molecular flexibility index (Phi) is 4.84. The van der Waals surface area contributed by atoms with Gasteiger partial charge in [-0.3, -0.25) is 4.72 Å². The summed E-state index contributed by atoms with van der Waals surface area (Å²) in [5, 5.41) is 13.0. The van der Waals surface area contributed by atoms with Gasteiger partial charge in [-0.15, -0.1) is 0 Å². The van der Waals surface area contributed by atoms with Gasteiger partial charge in [0, 0.05) is 10.7 Å². The fraction of sp³-hybridized carbons (Fsp3) is 0.0588. The number of hydrogen-bond acceptors (Lipinski definition) is 4. The molecule has 0 amide bonds. The predicted molar refractivity (Wildman–Crippen MR) is 100 cm³/mol. The van der Waals surface area contributed by atoms with Crippen LogP contribution < -0.4 is 4.72 Å². The standard InChI is InChI=1S/C17H14BrN3O4S/c1-11-6-7-16(12(18)10-11)26(24,25)20-13-4-2-3-5-15(13)21-9-8-14(19-21)17(22)23/h2-10,20H,1H3,(H,22,23). The van der Waals surface area contributed by atoms with Crippen molar-refractivity contribution < 1.29 is 18.3 Å². The highest BCUT2D eigenvalue weighted by molar-refractivity contribution is 9.10. The molecule has 1 aromatic heterocycles. The van der Waals surface area contributed by atoms with Gasteiger partial charge in [-0.1, -0.05) is 18.2 Å². The molecule has 7 nitrogen and oxygen atoms in total. The molecule has 0 fully saturated rings. The van der Waals surface area contributed by atoms with E-state index in [9.17, 15) is 13.2 Å². The Morgan fingerprint density at radius 1 is 1.19 bits per heavy atom. The molecule has 0 spiro atoms. The number of aromatic nitrogens is 2. The molecule has 0 saturated carbocycles. The first-order valence-corrected chi connectivity index (χ1v) is 9.73. The summed E-state index contributed by atoms with van der Waals surface area (Å²) < 4.78 is 29.8. The molecule has 1 heterocycles. The Bertz CT molecular complexity index is 1090. The van der Waals surface area contributed by atoms with Gasteiger partial charge < -0.3 is 5.11 Å². The smallest absolute Gasteiger partial charge is 0.356 e. The second-order valence-corrected chi connectivity index (χ2v) is 8.01. The van der Waals surface area contributed by atoms with E-state index in [1.165, 1.54) is 23.0 Å². The van der Waals surface area contributed by atoms with Crippen LogP contribution in [0.1, 0.15) is 16.1 Å². The highest BCUT2D eigenvalue weighted by Crippen LogP contribution is 2.27. The van der Waals surface area contributed by atoms with Gasteiger partial charge in [-0.2, -0.15) is 5.10 Å². The number of aromatic carboxylic acids is 1. The zero-order valence-corrected chi connectivity index (χ0v) is 16.0. The third-order valence-corrected chi connectivity index (χ3v) is 5.92. The van der Waals surface area contributed by atoms with Crippen LogP contribution in [0, 0.1) is 6.92 Å². The van der Waals surface area contributed by atoms with E-state index >= 15 is 0 Å². The summed E-state index contributed by atoms with van der Waals surface area (Å²) in [6.45, 7) is 1.86. The molecule has 2 aromatic carbocycles. The molecule has 0 aliphatic heterocycles. The summed E-state index contributed by atoms with van der Waals surface area (Å²) in [5.41, 5.74) is 1.48. The second kappa shape index (κ2) is 6.93. The number of carboxylic acid groups (broad SMARTS) is 1. The van der Waals surface area contributed by atoms with Crippen molar-refractivity contribution in [1.29, 1.82) is 0 Å². The Morgan fingerprint density at radius 3 is 2.58 bits per heavy atom. The van der Waals surface area contributed by atoms with E-state index in [1.54, 1.807) is 36.4 Å². The van der Waals surface area contributed by atoms with Crippen LogP contribution >= 0.6 is 15.9 Å². The van der Waals surface area contributed by atoms with Crippen LogP contribution in [0.15, 0.2) is 64.1 Å². The molecule has 3 aromatic rings. The van der Waals surface area contributed by atoms with Gasteiger partial charge in [0.2, 0.25) is 0 Å². The maximum atomic E-state index is 12.8. The van der Waals surface area contributed by atoms with Crippen molar-refractivity contribution >= 4 is 37.6 Å². The summed E-state index contributed by atoms with van der Waals surface area (Å²) in [5.74, 6) is -1.16. The maximum absolute atomic E-state index is 12.8. The summed E-state index contributed by atoms with van der Waals surface area (Å²) in [7, 11) is -3.86. The molecular weight excluding hydrogens is 422 g/mol. The van der Waals surface area contributed by atoms with Gasteiger partial charge in [0.15, 0.2) is 5.69 Å². The zero-order valence-electron chi connectivity index (χ0n) is 13.5. The zero-order chi connectivity index (χ0) is 18.9. The monoisotopic (exact) mass is 435 g/mol. The number of nitrogens with zero attached hydrogens (tertiary/aromatic N) is 2. The third kappa shape index (κ3) is 3.63. The third-order valence-electron chi connectivity index (χ3n) is 3.58. The van der Waals surface area contributed by atoms with Gasteiger partial charge in [0.25, 0.3) is 10.0 Å². The highest BCUT2D eigenvalue weighted by atomic mass is 79.9. The lowest BCUT2D eigenvalue weighted by molar-refractivity contribution is 0.0690. The quantitative estimate of drug-likeness (QED) is 0.638. The SMILES string of the molecule is Cc1ccc(S(=O)(=O)Nc2ccccc2-n2ccc(C(=O)O)n2)c(Br)c1. The molecule has 0 bridgehead atoms. The Balaban J connectivity index is 2.01. The van der Waals surface area contributed by atoms with E-state index in [0.29, 0.717) is 10.2 Å².